The second-order valence-corrected chi connectivity index (χ2v) is 12.5. The fourth-order valence-corrected chi connectivity index (χ4v) is 6.77. The molecule has 2 aliphatic rings. The van der Waals surface area contributed by atoms with Gasteiger partial charge in [-0.2, -0.15) is 21.6 Å². The molecule has 0 spiro atoms. The predicted octanol–water partition coefficient (Wildman–Crippen LogP) is 5.25. The van der Waals surface area contributed by atoms with Gasteiger partial charge in [-0.15, -0.1) is 11.3 Å². The Labute approximate surface area is 247 Å². The molecule has 1 N–H and O–H groups in total. The lowest BCUT2D eigenvalue weighted by molar-refractivity contribution is -0.141. The first kappa shape index (κ1) is 30.2. The van der Waals surface area contributed by atoms with Crippen LogP contribution in [0.15, 0.2) is 46.9 Å². The monoisotopic (exact) mass is 644 g/mol. The highest BCUT2D eigenvalue weighted by Gasteiger charge is 2.33. The Bertz CT molecular complexity index is 1610. The van der Waals surface area contributed by atoms with Gasteiger partial charge in [-0.1, -0.05) is 35.0 Å². The maximum absolute atomic E-state index is 12.8. The number of carbonyl (C=O) groups is 1. The van der Waals surface area contributed by atoms with Crippen molar-refractivity contribution in [3.8, 4) is 5.88 Å². The van der Waals surface area contributed by atoms with Crippen LogP contribution < -0.4 is 4.74 Å². The Morgan fingerprint density at radius 3 is 2.62 bits per heavy atom. The van der Waals surface area contributed by atoms with E-state index in [0.29, 0.717) is 59.9 Å². The van der Waals surface area contributed by atoms with Crippen molar-refractivity contribution in [1.82, 2.24) is 14.9 Å². The van der Waals surface area contributed by atoms with Gasteiger partial charge >= 0.3 is 6.18 Å². The SMILES string of the molecule is O=C(COc1cccc(C(F)(F)F)n1)N1CCC(c2nc(C3=NOC(c4c(Cl)cccc4CS(=O)(=O)O)C3)cs2)CC1. The van der Waals surface area contributed by atoms with Crippen LogP contribution in [0, 0.1) is 0 Å². The highest BCUT2D eigenvalue weighted by Crippen LogP contribution is 2.38. The van der Waals surface area contributed by atoms with Crippen molar-refractivity contribution in [3.05, 3.63) is 74.3 Å². The lowest BCUT2D eigenvalue weighted by Crippen LogP contribution is -2.40. The predicted molar refractivity (Wildman–Crippen MR) is 147 cm³/mol. The fourth-order valence-electron chi connectivity index (χ4n) is 4.81. The Morgan fingerprint density at radius 1 is 1.17 bits per heavy atom. The molecular formula is C26H24ClF3N4O6S2. The largest absolute Gasteiger partial charge is 0.468 e. The van der Waals surface area contributed by atoms with E-state index >= 15 is 0 Å². The smallest absolute Gasteiger partial charge is 0.433 e. The zero-order valence-corrected chi connectivity index (χ0v) is 24.1. The Kier molecular flexibility index (Phi) is 8.73. The van der Waals surface area contributed by atoms with E-state index in [2.05, 4.69) is 10.1 Å². The topological polar surface area (TPSA) is 131 Å². The molecule has 0 saturated carbocycles. The number of aromatic nitrogens is 2. The molecule has 0 aliphatic carbocycles. The van der Waals surface area contributed by atoms with Crippen LogP contribution in [0.3, 0.4) is 0 Å². The summed E-state index contributed by atoms with van der Waals surface area (Å²) in [5.41, 5.74) is 0.876. The minimum atomic E-state index is -4.61. The van der Waals surface area contributed by atoms with Crippen LogP contribution >= 0.6 is 22.9 Å². The minimum Gasteiger partial charge on any atom is -0.468 e. The van der Waals surface area contributed by atoms with Crippen LogP contribution in [0.1, 0.15) is 58.8 Å². The molecule has 1 amide bonds. The van der Waals surface area contributed by atoms with E-state index in [0.717, 1.165) is 11.1 Å². The molecule has 1 saturated heterocycles. The zero-order valence-electron chi connectivity index (χ0n) is 21.8. The number of nitrogens with zero attached hydrogens (tertiary/aromatic N) is 4. The first-order chi connectivity index (χ1) is 19.9. The van der Waals surface area contributed by atoms with E-state index in [9.17, 15) is 30.9 Å². The number of thiazole rings is 1. The van der Waals surface area contributed by atoms with Crippen LogP contribution in [-0.4, -0.2) is 59.2 Å². The summed E-state index contributed by atoms with van der Waals surface area (Å²) in [6.45, 7) is 0.457. The van der Waals surface area contributed by atoms with Crippen molar-refractivity contribution in [2.75, 3.05) is 19.7 Å². The molecule has 4 heterocycles. The second kappa shape index (κ2) is 12.1. The van der Waals surface area contributed by atoms with Gasteiger partial charge < -0.3 is 14.5 Å². The first-order valence-electron chi connectivity index (χ1n) is 12.7. The lowest BCUT2D eigenvalue weighted by atomic mass is 9.97. The number of alkyl halides is 3. The van der Waals surface area contributed by atoms with Gasteiger partial charge in [0.2, 0.25) is 5.88 Å². The summed E-state index contributed by atoms with van der Waals surface area (Å²) in [6, 6.07) is 8.03. The lowest BCUT2D eigenvalue weighted by Gasteiger charge is -2.31. The van der Waals surface area contributed by atoms with Gasteiger partial charge in [-0.05, 0) is 30.5 Å². The third kappa shape index (κ3) is 7.19. The van der Waals surface area contributed by atoms with Crippen LogP contribution in [0.25, 0.3) is 0 Å². The number of rotatable bonds is 8. The molecule has 0 radical (unpaired) electrons. The summed E-state index contributed by atoms with van der Waals surface area (Å²) in [6.07, 6.45) is -3.66. The average Bonchev–Trinajstić information content (AvgIpc) is 3.61. The maximum atomic E-state index is 12.8. The molecule has 1 fully saturated rings. The van der Waals surface area contributed by atoms with E-state index in [1.54, 1.807) is 23.1 Å². The van der Waals surface area contributed by atoms with Crippen molar-refractivity contribution in [1.29, 1.82) is 0 Å². The van der Waals surface area contributed by atoms with Crippen LogP contribution in [-0.2, 0) is 31.7 Å². The Balaban J connectivity index is 1.15. The molecule has 3 aromatic rings. The third-order valence-electron chi connectivity index (χ3n) is 6.84. The second-order valence-electron chi connectivity index (χ2n) is 9.75. The standard InChI is InChI=1S/C26H24ClF3N4O6S2/c27-17-4-1-3-16(14-42(36,37)38)24(17)20-11-18(33-40-20)19-13-41-25(31-19)15-7-9-34(10-8-15)23(35)12-39-22-6-2-5-21(32-22)26(28,29)30/h1-6,13,15,20H,7-12,14H2,(H,36,37,38). The number of hydrogen-bond donors (Lipinski definition) is 1. The number of amides is 1. The van der Waals surface area contributed by atoms with Crippen molar-refractivity contribution in [2.24, 2.45) is 5.16 Å². The number of ether oxygens (including phenoxy) is 1. The molecule has 2 aliphatic heterocycles. The van der Waals surface area contributed by atoms with E-state index < -0.39 is 40.5 Å². The Hall–Kier alpha value is -3.27. The number of likely N-dealkylation sites (tertiary alicyclic amines) is 1. The van der Waals surface area contributed by atoms with Gasteiger partial charge in [0.1, 0.15) is 17.2 Å². The van der Waals surface area contributed by atoms with Gasteiger partial charge in [0.05, 0.1) is 10.7 Å². The van der Waals surface area contributed by atoms with Crippen LogP contribution in [0.2, 0.25) is 5.02 Å². The summed E-state index contributed by atoms with van der Waals surface area (Å²) < 4.78 is 76.0. The number of carbonyl (C=O) groups excluding carboxylic acids is 1. The number of hydrogen-bond acceptors (Lipinski definition) is 9. The Morgan fingerprint density at radius 2 is 1.90 bits per heavy atom. The van der Waals surface area contributed by atoms with Crippen LogP contribution in [0.5, 0.6) is 5.88 Å². The molecule has 5 rings (SSSR count). The summed E-state index contributed by atoms with van der Waals surface area (Å²) in [5.74, 6) is -1.12. The van der Waals surface area contributed by atoms with Gasteiger partial charge in [-0.3, -0.25) is 9.35 Å². The number of halogens is 4. The first-order valence-corrected chi connectivity index (χ1v) is 15.6. The zero-order chi connectivity index (χ0) is 30.1. The molecule has 16 heteroatoms. The van der Waals surface area contributed by atoms with Crippen molar-refractivity contribution in [2.45, 2.75) is 43.2 Å². The van der Waals surface area contributed by atoms with Gasteiger partial charge in [0, 0.05) is 47.5 Å². The van der Waals surface area contributed by atoms with Crippen molar-refractivity contribution >= 4 is 44.7 Å². The molecule has 10 nitrogen and oxygen atoms in total. The highest BCUT2D eigenvalue weighted by molar-refractivity contribution is 7.85. The summed E-state index contributed by atoms with van der Waals surface area (Å²) in [7, 11) is -4.29. The van der Waals surface area contributed by atoms with Crippen molar-refractivity contribution < 1.29 is 40.5 Å². The molecule has 42 heavy (non-hydrogen) atoms. The minimum absolute atomic E-state index is 0.0995. The van der Waals surface area contributed by atoms with Crippen molar-refractivity contribution in [3.63, 3.8) is 0 Å². The van der Waals surface area contributed by atoms with Gasteiger partial charge in [0.25, 0.3) is 16.0 Å². The number of pyridine rings is 1. The number of benzene rings is 1. The third-order valence-corrected chi connectivity index (χ3v) is 8.86. The average molecular weight is 645 g/mol. The van der Waals surface area contributed by atoms with Gasteiger partial charge in [0.15, 0.2) is 12.7 Å². The summed E-state index contributed by atoms with van der Waals surface area (Å²) >= 11 is 7.80. The molecule has 1 unspecified atom stereocenters. The summed E-state index contributed by atoms with van der Waals surface area (Å²) in [4.78, 5) is 27.9. The highest BCUT2D eigenvalue weighted by atomic mass is 35.5. The normalized spacial score (nSPS) is 18.1. The summed E-state index contributed by atoms with van der Waals surface area (Å²) in [5, 5.41) is 7.19. The molecule has 1 aromatic carbocycles. The molecular weight excluding hydrogens is 621 g/mol. The molecule has 224 valence electrons. The van der Waals surface area contributed by atoms with E-state index in [1.165, 1.54) is 23.5 Å². The fraction of sp³-hybridized carbons (Fsp3) is 0.385. The quantitative estimate of drug-likeness (QED) is 0.329. The number of piperidine rings is 1. The molecule has 1 atom stereocenters. The number of oxime groups is 1. The maximum Gasteiger partial charge on any atom is 0.433 e. The van der Waals surface area contributed by atoms with E-state index in [-0.39, 0.29) is 17.7 Å². The molecule has 2 aromatic heterocycles. The van der Waals surface area contributed by atoms with E-state index in [1.807, 2.05) is 5.38 Å². The van der Waals surface area contributed by atoms with E-state index in [4.69, 9.17) is 26.2 Å². The van der Waals surface area contributed by atoms with Crippen LogP contribution in [0.4, 0.5) is 13.2 Å². The van der Waals surface area contributed by atoms with Gasteiger partial charge in [-0.25, -0.2) is 9.97 Å². The molecule has 0 bridgehead atoms.